The van der Waals surface area contributed by atoms with Crippen LogP contribution >= 0.6 is 0 Å². The third kappa shape index (κ3) is 3.07. The van der Waals surface area contributed by atoms with E-state index in [4.69, 9.17) is 11.0 Å². The second-order valence-electron chi connectivity index (χ2n) is 3.60. The first-order valence-electron chi connectivity index (χ1n) is 5.04. The third-order valence-corrected chi connectivity index (χ3v) is 3.97. The lowest BCUT2D eigenvalue weighted by Gasteiger charge is -2.11. The zero-order chi connectivity index (χ0) is 13.1. The van der Waals surface area contributed by atoms with Gasteiger partial charge in [0.25, 0.3) is 0 Å². The number of nitrogens with zero attached hydrogens (tertiary/aromatic N) is 2. The Bertz CT molecular complexity index is 548. The first-order chi connectivity index (χ1) is 7.90. The zero-order valence-electron chi connectivity index (χ0n) is 9.64. The maximum absolute atomic E-state index is 11.8. The fraction of sp³-hybridized carbons (Fsp3) is 0.400. The molecule has 0 fully saturated rings. The summed E-state index contributed by atoms with van der Waals surface area (Å²) in [6, 6.07) is 3.26. The molecule has 6 nitrogen and oxygen atoms in total. The Labute approximate surface area is 101 Å². The van der Waals surface area contributed by atoms with E-state index in [1.807, 2.05) is 0 Å². The second kappa shape index (κ2) is 5.01. The van der Waals surface area contributed by atoms with Crippen LogP contribution in [-0.2, 0) is 10.0 Å². The molecule has 1 atom stereocenters. The number of pyridine rings is 1. The first-order valence-corrected chi connectivity index (χ1v) is 6.58. The van der Waals surface area contributed by atoms with Crippen molar-refractivity contribution in [1.82, 2.24) is 4.98 Å². The van der Waals surface area contributed by atoms with Crippen LogP contribution in [0.2, 0.25) is 0 Å². The molecule has 0 aliphatic heterocycles. The van der Waals surface area contributed by atoms with E-state index >= 15 is 0 Å². The molecule has 17 heavy (non-hydrogen) atoms. The lowest BCUT2D eigenvalue weighted by molar-refractivity contribution is 0.592. The molecule has 0 spiro atoms. The summed E-state index contributed by atoms with van der Waals surface area (Å²) >= 11 is 0. The van der Waals surface area contributed by atoms with Crippen LogP contribution in [0, 0.1) is 18.3 Å². The molecule has 0 aliphatic rings. The van der Waals surface area contributed by atoms with Gasteiger partial charge in [-0.05, 0) is 25.0 Å². The molecule has 92 valence electrons. The Morgan fingerprint density at radius 1 is 1.65 bits per heavy atom. The van der Waals surface area contributed by atoms with E-state index in [-0.39, 0.29) is 12.2 Å². The molecule has 0 aliphatic carbocycles. The molecular weight excluding hydrogens is 240 g/mol. The number of aryl methyl sites for hydroxylation is 1. The molecule has 1 aromatic rings. The van der Waals surface area contributed by atoms with E-state index in [1.54, 1.807) is 19.9 Å². The summed E-state index contributed by atoms with van der Waals surface area (Å²) < 4.78 is 25.8. The van der Waals surface area contributed by atoms with Crippen LogP contribution in [0.15, 0.2) is 12.3 Å². The van der Waals surface area contributed by atoms with Gasteiger partial charge in [-0.15, -0.1) is 0 Å². The van der Waals surface area contributed by atoms with Crippen molar-refractivity contribution in [3.63, 3.8) is 0 Å². The van der Waals surface area contributed by atoms with Crippen molar-refractivity contribution in [1.29, 1.82) is 5.26 Å². The van der Waals surface area contributed by atoms with Gasteiger partial charge in [-0.3, -0.25) is 4.72 Å². The van der Waals surface area contributed by atoms with Crippen LogP contribution in [-0.4, -0.2) is 18.7 Å². The van der Waals surface area contributed by atoms with Crippen molar-refractivity contribution >= 4 is 21.5 Å². The number of rotatable bonds is 4. The number of nitrogens with two attached hydrogens (primary N) is 1. The molecule has 0 amide bonds. The van der Waals surface area contributed by atoms with Gasteiger partial charge in [-0.1, -0.05) is 6.92 Å². The summed E-state index contributed by atoms with van der Waals surface area (Å²) in [4.78, 5) is 3.85. The van der Waals surface area contributed by atoms with Crippen molar-refractivity contribution in [2.45, 2.75) is 25.5 Å². The third-order valence-electron chi connectivity index (χ3n) is 2.29. The standard InChI is InChI=1S/C10H14N4O2S/c1-3-8(5-11)17(15,16)14-10-4-7(2)9(12)6-13-10/h4,6,8H,3,12H2,1-2H3,(H,13,14). The van der Waals surface area contributed by atoms with Crippen LogP contribution in [0.25, 0.3) is 0 Å². The quantitative estimate of drug-likeness (QED) is 0.833. The second-order valence-corrected chi connectivity index (χ2v) is 5.46. The molecule has 7 heteroatoms. The lowest BCUT2D eigenvalue weighted by atomic mass is 10.2. The van der Waals surface area contributed by atoms with Crippen molar-refractivity contribution in [3.8, 4) is 6.07 Å². The summed E-state index contributed by atoms with van der Waals surface area (Å²) in [7, 11) is -3.72. The molecule has 0 saturated carbocycles. The van der Waals surface area contributed by atoms with Crippen LogP contribution in [0.3, 0.4) is 0 Å². The largest absolute Gasteiger partial charge is 0.397 e. The van der Waals surface area contributed by atoms with Crippen LogP contribution in [0.4, 0.5) is 11.5 Å². The fourth-order valence-electron chi connectivity index (χ4n) is 1.22. The number of nitrogens with one attached hydrogen (secondary N) is 1. The molecule has 1 rings (SSSR count). The zero-order valence-corrected chi connectivity index (χ0v) is 10.5. The number of anilines is 2. The molecule has 0 radical (unpaired) electrons. The molecule has 1 unspecified atom stereocenters. The van der Waals surface area contributed by atoms with Crippen molar-refractivity contribution < 1.29 is 8.42 Å². The number of hydrogen-bond donors (Lipinski definition) is 2. The fourth-order valence-corrected chi connectivity index (χ4v) is 2.34. The summed E-state index contributed by atoms with van der Waals surface area (Å²) in [6.45, 7) is 3.38. The summed E-state index contributed by atoms with van der Waals surface area (Å²) in [5, 5.41) is 7.65. The van der Waals surface area contributed by atoms with E-state index in [2.05, 4.69) is 9.71 Å². The number of aromatic nitrogens is 1. The lowest BCUT2D eigenvalue weighted by Crippen LogP contribution is -2.26. The summed E-state index contributed by atoms with van der Waals surface area (Å²) in [5.41, 5.74) is 6.78. The minimum absolute atomic E-state index is 0.172. The van der Waals surface area contributed by atoms with Crippen LogP contribution < -0.4 is 10.5 Å². The van der Waals surface area contributed by atoms with Crippen molar-refractivity contribution in [2.75, 3.05) is 10.5 Å². The predicted molar refractivity (Wildman–Crippen MR) is 65.6 cm³/mol. The van der Waals surface area contributed by atoms with Gasteiger partial charge < -0.3 is 5.73 Å². The maximum Gasteiger partial charge on any atom is 0.250 e. The molecule has 1 heterocycles. The average molecular weight is 254 g/mol. The SMILES string of the molecule is CCC(C#N)S(=O)(=O)Nc1cc(C)c(N)cn1. The maximum atomic E-state index is 11.8. The van der Waals surface area contributed by atoms with Gasteiger partial charge in [0.2, 0.25) is 10.0 Å². The summed E-state index contributed by atoms with van der Waals surface area (Å²) in [5.74, 6) is 0.172. The van der Waals surface area contributed by atoms with Gasteiger partial charge in [-0.25, -0.2) is 13.4 Å². The topological polar surface area (TPSA) is 109 Å². The highest BCUT2D eigenvalue weighted by Crippen LogP contribution is 2.16. The van der Waals surface area contributed by atoms with Gasteiger partial charge in [-0.2, -0.15) is 5.26 Å². The number of sulfonamides is 1. The average Bonchev–Trinajstić information content (AvgIpc) is 2.24. The van der Waals surface area contributed by atoms with Gasteiger partial charge in [0.1, 0.15) is 5.82 Å². The van der Waals surface area contributed by atoms with Crippen LogP contribution in [0.1, 0.15) is 18.9 Å². The molecule has 3 N–H and O–H groups in total. The van der Waals surface area contributed by atoms with E-state index in [0.29, 0.717) is 5.69 Å². The van der Waals surface area contributed by atoms with E-state index < -0.39 is 15.3 Å². The van der Waals surface area contributed by atoms with E-state index in [0.717, 1.165) is 5.56 Å². The highest BCUT2D eigenvalue weighted by atomic mass is 32.2. The summed E-state index contributed by atoms with van der Waals surface area (Å²) in [6.07, 6.45) is 1.60. The molecule has 0 saturated heterocycles. The Morgan fingerprint density at radius 3 is 2.76 bits per heavy atom. The molecule has 0 aromatic carbocycles. The van der Waals surface area contributed by atoms with Crippen molar-refractivity contribution in [3.05, 3.63) is 17.8 Å². The highest BCUT2D eigenvalue weighted by molar-refractivity contribution is 7.93. The number of nitrogen functional groups attached to an aromatic ring is 1. The minimum atomic E-state index is -3.72. The van der Waals surface area contributed by atoms with E-state index in [1.165, 1.54) is 12.3 Å². The normalized spacial score (nSPS) is 12.8. The Hall–Kier alpha value is -1.81. The number of hydrogen-bond acceptors (Lipinski definition) is 5. The Balaban J connectivity index is 2.99. The van der Waals surface area contributed by atoms with Gasteiger partial charge in [0, 0.05) is 0 Å². The monoisotopic (exact) mass is 254 g/mol. The molecular formula is C10H14N4O2S. The van der Waals surface area contributed by atoms with Crippen LogP contribution in [0.5, 0.6) is 0 Å². The minimum Gasteiger partial charge on any atom is -0.397 e. The van der Waals surface area contributed by atoms with Gasteiger partial charge >= 0.3 is 0 Å². The number of nitriles is 1. The smallest absolute Gasteiger partial charge is 0.250 e. The first kappa shape index (κ1) is 13.3. The predicted octanol–water partition coefficient (Wildman–Crippen LogP) is 1.02. The molecule has 0 bridgehead atoms. The molecule has 1 aromatic heterocycles. The Kier molecular flexibility index (Phi) is 3.91. The van der Waals surface area contributed by atoms with Gasteiger partial charge in [0.15, 0.2) is 5.25 Å². The Morgan fingerprint density at radius 2 is 2.29 bits per heavy atom. The van der Waals surface area contributed by atoms with Crippen molar-refractivity contribution in [2.24, 2.45) is 0 Å². The van der Waals surface area contributed by atoms with E-state index in [9.17, 15) is 8.42 Å². The highest BCUT2D eigenvalue weighted by Gasteiger charge is 2.23. The van der Waals surface area contributed by atoms with Gasteiger partial charge in [0.05, 0.1) is 18.0 Å².